The van der Waals surface area contributed by atoms with Gasteiger partial charge >= 0.3 is 5.97 Å². The number of rotatable bonds is 4. The zero-order valence-electron chi connectivity index (χ0n) is 11.3. The van der Waals surface area contributed by atoms with Gasteiger partial charge in [0.05, 0.1) is 5.56 Å². The lowest BCUT2D eigenvalue weighted by Crippen LogP contribution is -2.34. The van der Waals surface area contributed by atoms with Crippen molar-refractivity contribution in [3.05, 3.63) is 71.0 Å². The van der Waals surface area contributed by atoms with Gasteiger partial charge in [0.25, 0.3) is 5.91 Å². The number of aryl methyl sites for hydroxylation is 1. The lowest BCUT2D eigenvalue weighted by Gasteiger charge is -2.15. The SMILES string of the molecule is Cc1ccc(C(=O)N[C@H](C(=O)O)c2ccccc2)c(F)c1. The fraction of sp³-hybridized carbons (Fsp3) is 0.125. The average molecular weight is 287 g/mol. The Morgan fingerprint density at radius 2 is 1.81 bits per heavy atom. The summed E-state index contributed by atoms with van der Waals surface area (Å²) >= 11 is 0. The molecule has 0 aliphatic heterocycles. The smallest absolute Gasteiger partial charge is 0.330 e. The molecule has 0 aliphatic rings. The molecule has 0 bridgehead atoms. The van der Waals surface area contributed by atoms with Crippen molar-refractivity contribution in [2.24, 2.45) is 0 Å². The Labute approximate surface area is 121 Å². The van der Waals surface area contributed by atoms with E-state index in [2.05, 4.69) is 5.32 Å². The first-order valence-electron chi connectivity index (χ1n) is 6.34. The fourth-order valence-electron chi connectivity index (χ4n) is 1.95. The number of benzene rings is 2. The molecule has 0 saturated carbocycles. The maximum Gasteiger partial charge on any atom is 0.330 e. The summed E-state index contributed by atoms with van der Waals surface area (Å²) in [4.78, 5) is 23.3. The first-order valence-corrected chi connectivity index (χ1v) is 6.34. The van der Waals surface area contributed by atoms with Crippen molar-refractivity contribution in [2.45, 2.75) is 13.0 Å². The Balaban J connectivity index is 2.25. The van der Waals surface area contributed by atoms with Crippen LogP contribution in [0.1, 0.15) is 27.5 Å². The average Bonchev–Trinajstić information content (AvgIpc) is 2.45. The number of carbonyl (C=O) groups excluding carboxylic acids is 1. The molecule has 2 N–H and O–H groups in total. The highest BCUT2D eigenvalue weighted by molar-refractivity contribution is 5.97. The van der Waals surface area contributed by atoms with Gasteiger partial charge in [0.2, 0.25) is 0 Å². The van der Waals surface area contributed by atoms with E-state index in [0.717, 1.165) is 0 Å². The first-order chi connectivity index (χ1) is 9.99. The quantitative estimate of drug-likeness (QED) is 0.908. The molecule has 1 amide bonds. The van der Waals surface area contributed by atoms with Crippen LogP contribution in [-0.2, 0) is 4.79 Å². The second-order valence-electron chi connectivity index (χ2n) is 4.64. The summed E-state index contributed by atoms with van der Waals surface area (Å²) < 4.78 is 13.7. The molecule has 0 fully saturated rings. The molecule has 0 heterocycles. The van der Waals surface area contributed by atoms with Crippen molar-refractivity contribution in [2.75, 3.05) is 0 Å². The van der Waals surface area contributed by atoms with Gasteiger partial charge in [-0.1, -0.05) is 36.4 Å². The molecule has 2 rings (SSSR count). The zero-order chi connectivity index (χ0) is 15.4. The maximum atomic E-state index is 13.7. The topological polar surface area (TPSA) is 66.4 Å². The molecule has 21 heavy (non-hydrogen) atoms. The number of carbonyl (C=O) groups is 2. The number of nitrogens with one attached hydrogen (secondary N) is 1. The predicted octanol–water partition coefficient (Wildman–Crippen LogP) is 2.69. The first kappa shape index (κ1) is 14.7. The Kier molecular flexibility index (Phi) is 4.33. The molecule has 0 radical (unpaired) electrons. The molecule has 4 nitrogen and oxygen atoms in total. The van der Waals surface area contributed by atoms with Gasteiger partial charge < -0.3 is 10.4 Å². The van der Waals surface area contributed by atoms with Crippen LogP contribution < -0.4 is 5.32 Å². The second-order valence-corrected chi connectivity index (χ2v) is 4.64. The number of halogens is 1. The van der Waals surface area contributed by atoms with Crippen LogP contribution in [0.3, 0.4) is 0 Å². The predicted molar refractivity (Wildman–Crippen MR) is 75.4 cm³/mol. The molecule has 0 unspecified atom stereocenters. The molecular weight excluding hydrogens is 273 g/mol. The largest absolute Gasteiger partial charge is 0.479 e. The zero-order valence-corrected chi connectivity index (χ0v) is 11.3. The van der Waals surface area contributed by atoms with E-state index in [4.69, 9.17) is 0 Å². The third-order valence-electron chi connectivity index (χ3n) is 3.02. The highest BCUT2D eigenvalue weighted by Crippen LogP contribution is 2.15. The minimum atomic E-state index is -1.22. The summed E-state index contributed by atoms with van der Waals surface area (Å²) in [5.41, 5.74) is 0.926. The molecule has 1 atom stereocenters. The molecule has 0 aromatic heterocycles. The summed E-state index contributed by atoms with van der Waals surface area (Å²) in [6.45, 7) is 1.70. The number of hydrogen-bond acceptors (Lipinski definition) is 2. The molecular formula is C16H14FNO3. The number of amides is 1. The van der Waals surface area contributed by atoms with Crippen LogP contribution in [0.5, 0.6) is 0 Å². The monoisotopic (exact) mass is 287 g/mol. The standard InChI is InChI=1S/C16H14FNO3/c1-10-7-8-12(13(17)9-10)15(19)18-14(16(20)21)11-5-3-2-4-6-11/h2-9,14H,1H3,(H,18,19)(H,20,21)/t14-/m0/s1. The van der Waals surface area contributed by atoms with Gasteiger partial charge in [-0.3, -0.25) is 4.79 Å². The Morgan fingerprint density at radius 3 is 2.38 bits per heavy atom. The molecule has 0 saturated heterocycles. The lowest BCUT2D eigenvalue weighted by molar-refractivity contribution is -0.139. The van der Waals surface area contributed by atoms with Crippen LogP contribution in [0.15, 0.2) is 48.5 Å². The summed E-state index contributed by atoms with van der Waals surface area (Å²) in [7, 11) is 0. The van der Waals surface area contributed by atoms with Crippen LogP contribution in [0.2, 0.25) is 0 Å². The minimum absolute atomic E-state index is 0.178. The Bertz CT molecular complexity index is 670. The summed E-state index contributed by atoms with van der Waals surface area (Å²) in [6.07, 6.45) is 0. The van der Waals surface area contributed by atoms with Crippen molar-refractivity contribution in [3.63, 3.8) is 0 Å². The molecule has 0 spiro atoms. The van der Waals surface area contributed by atoms with Gasteiger partial charge in [-0.2, -0.15) is 0 Å². The van der Waals surface area contributed by atoms with E-state index < -0.39 is 23.7 Å². The van der Waals surface area contributed by atoms with Gasteiger partial charge in [-0.05, 0) is 30.2 Å². The number of carboxylic acid groups (broad SMARTS) is 1. The number of hydrogen-bond donors (Lipinski definition) is 2. The third kappa shape index (κ3) is 3.45. The molecule has 5 heteroatoms. The van der Waals surface area contributed by atoms with Crippen LogP contribution in [0.4, 0.5) is 4.39 Å². The fourth-order valence-corrected chi connectivity index (χ4v) is 1.95. The third-order valence-corrected chi connectivity index (χ3v) is 3.02. The van der Waals surface area contributed by atoms with E-state index in [0.29, 0.717) is 11.1 Å². The van der Waals surface area contributed by atoms with Crippen molar-refractivity contribution >= 4 is 11.9 Å². The molecule has 108 valence electrons. The van der Waals surface area contributed by atoms with E-state index in [1.165, 1.54) is 12.1 Å². The van der Waals surface area contributed by atoms with Crippen molar-refractivity contribution in [3.8, 4) is 0 Å². The summed E-state index contributed by atoms with van der Waals surface area (Å²) in [6, 6.07) is 11.2. The minimum Gasteiger partial charge on any atom is -0.479 e. The van der Waals surface area contributed by atoms with E-state index in [9.17, 15) is 19.1 Å². The van der Waals surface area contributed by atoms with Crippen LogP contribution in [0.25, 0.3) is 0 Å². The lowest BCUT2D eigenvalue weighted by atomic mass is 10.1. The molecule has 0 aliphatic carbocycles. The van der Waals surface area contributed by atoms with E-state index in [-0.39, 0.29) is 5.56 Å². The van der Waals surface area contributed by atoms with Gasteiger partial charge in [0.15, 0.2) is 6.04 Å². The van der Waals surface area contributed by atoms with Crippen LogP contribution >= 0.6 is 0 Å². The highest BCUT2D eigenvalue weighted by atomic mass is 19.1. The van der Waals surface area contributed by atoms with Crippen molar-refractivity contribution in [1.29, 1.82) is 0 Å². The van der Waals surface area contributed by atoms with Gasteiger partial charge in [0, 0.05) is 0 Å². The Morgan fingerprint density at radius 1 is 1.14 bits per heavy atom. The second kappa shape index (κ2) is 6.17. The van der Waals surface area contributed by atoms with E-state index >= 15 is 0 Å². The van der Waals surface area contributed by atoms with Gasteiger partial charge in [0.1, 0.15) is 5.82 Å². The van der Waals surface area contributed by atoms with Crippen LogP contribution in [0, 0.1) is 12.7 Å². The summed E-state index contributed by atoms with van der Waals surface area (Å²) in [5, 5.41) is 11.6. The number of aliphatic carboxylic acids is 1. The van der Waals surface area contributed by atoms with Crippen LogP contribution in [-0.4, -0.2) is 17.0 Å². The maximum absolute atomic E-state index is 13.7. The number of carboxylic acids is 1. The summed E-state index contributed by atoms with van der Waals surface area (Å²) in [5.74, 6) is -2.64. The normalized spacial score (nSPS) is 11.7. The Hall–Kier alpha value is -2.69. The highest BCUT2D eigenvalue weighted by Gasteiger charge is 2.23. The van der Waals surface area contributed by atoms with Crippen molar-refractivity contribution < 1.29 is 19.1 Å². The van der Waals surface area contributed by atoms with Crippen molar-refractivity contribution in [1.82, 2.24) is 5.32 Å². The van der Waals surface area contributed by atoms with Gasteiger partial charge in [-0.15, -0.1) is 0 Å². The molecule has 2 aromatic rings. The van der Waals surface area contributed by atoms with Gasteiger partial charge in [-0.25, -0.2) is 9.18 Å². The van der Waals surface area contributed by atoms with E-state index in [1.54, 1.807) is 43.3 Å². The van der Waals surface area contributed by atoms with E-state index in [1.807, 2.05) is 0 Å². The molecule has 2 aromatic carbocycles.